The van der Waals surface area contributed by atoms with E-state index in [1.807, 2.05) is 53.3 Å². The fourth-order valence-corrected chi connectivity index (χ4v) is 5.33. The summed E-state index contributed by atoms with van der Waals surface area (Å²) >= 11 is 0. The first-order valence-corrected chi connectivity index (χ1v) is 15.0. The fraction of sp³-hybridized carbons (Fsp3) is 0.0588. The molecule has 0 atom stereocenters. The predicted molar refractivity (Wildman–Crippen MR) is 163 cm³/mol. The van der Waals surface area contributed by atoms with Gasteiger partial charge in [0.05, 0.1) is 5.69 Å². The molecule has 5 rings (SSSR count). The van der Waals surface area contributed by atoms with E-state index in [-0.39, 0.29) is 34.1 Å². The van der Waals surface area contributed by atoms with Gasteiger partial charge in [0.1, 0.15) is 23.9 Å². The summed E-state index contributed by atoms with van der Waals surface area (Å²) in [4.78, 5) is 25.7. The normalized spacial score (nSPS) is 10.9. The molecule has 0 radical (unpaired) electrons. The van der Waals surface area contributed by atoms with E-state index < -0.39 is 27.7 Å². The highest BCUT2D eigenvalue weighted by Crippen LogP contribution is 2.24. The van der Waals surface area contributed by atoms with Crippen molar-refractivity contribution in [3.63, 3.8) is 0 Å². The highest BCUT2D eigenvalue weighted by Gasteiger charge is 2.24. The van der Waals surface area contributed by atoms with E-state index in [0.29, 0.717) is 12.4 Å². The third-order valence-electron chi connectivity index (χ3n) is 6.43. The maximum absolute atomic E-state index is 14.4. The standard InChI is InChI=1S/C34H27FN2O6S/c35-29-19-18-27(21-31(29)43-23-25-12-5-2-6-13-25)34(39)37-44(40,41)32-17-8-7-16-30(32)36-33(38)26-14-9-15-28(20-26)42-22-24-10-3-1-4-11-24/h1-21H,22-23H2,(H,36,38)(H,37,39). The van der Waals surface area contributed by atoms with Gasteiger partial charge in [-0.3, -0.25) is 9.59 Å². The van der Waals surface area contributed by atoms with Crippen LogP contribution in [0.15, 0.2) is 132 Å². The molecule has 0 saturated carbocycles. The Bertz CT molecular complexity index is 1880. The Hall–Kier alpha value is -5.48. The predicted octanol–water partition coefficient (Wildman–Crippen LogP) is 6.35. The molecule has 8 nitrogen and oxygen atoms in total. The third kappa shape index (κ3) is 7.67. The zero-order chi connectivity index (χ0) is 30.9. The minimum atomic E-state index is -4.47. The van der Waals surface area contributed by atoms with E-state index >= 15 is 0 Å². The van der Waals surface area contributed by atoms with Crippen LogP contribution in [-0.2, 0) is 23.2 Å². The monoisotopic (exact) mass is 610 g/mol. The SMILES string of the molecule is O=C(Nc1ccccc1S(=O)(=O)NC(=O)c1ccc(F)c(OCc2ccccc2)c1)c1cccc(OCc2ccccc2)c1. The van der Waals surface area contributed by atoms with Crippen LogP contribution in [0.25, 0.3) is 0 Å². The number of anilines is 1. The van der Waals surface area contributed by atoms with Crippen molar-refractivity contribution in [1.82, 2.24) is 4.72 Å². The molecule has 0 heterocycles. The molecule has 0 spiro atoms. The molecule has 0 aliphatic heterocycles. The largest absolute Gasteiger partial charge is 0.489 e. The van der Waals surface area contributed by atoms with Gasteiger partial charge in [-0.05, 0) is 59.7 Å². The van der Waals surface area contributed by atoms with Crippen molar-refractivity contribution in [2.75, 3.05) is 5.32 Å². The minimum absolute atomic E-state index is 0.0422. The van der Waals surface area contributed by atoms with Crippen LogP contribution in [0.1, 0.15) is 31.8 Å². The van der Waals surface area contributed by atoms with Gasteiger partial charge in [-0.25, -0.2) is 17.5 Å². The van der Waals surface area contributed by atoms with Gasteiger partial charge in [0.25, 0.3) is 21.8 Å². The summed E-state index contributed by atoms with van der Waals surface area (Å²) in [6.07, 6.45) is 0. The summed E-state index contributed by atoms with van der Waals surface area (Å²) in [5.74, 6) is -2.03. The third-order valence-corrected chi connectivity index (χ3v) is 7.82. The lowest BCUT2D eigenvalue weighted by atomic mass is 10.2. The molecule has 222 valence electrons. The van der Waals surface area contributed by atoms with Crippen molar-refractivity contribution >= 4 is 27.5 Å². The molecule has 5 aromatic rings. The van der Waals surface area contributed by atoms with Crippen molar-refractivity contribution in [2.45, 2.75) is 18.1 Å². The van der Waals surface area contributed by atoms with Gasteiger partial charge in [0.15, 0.2) is 11.6 Å². The number of benzene rings is 5. The molecule has 5 aromatic carbocycles. The quantitative estimate of drug-likeness (QED) is 0.180. The molecule has 0 aliphatic rings. The summed E-state index contributed by atoms with van der Waals surface area (Å²) in [5, 5.41) is 2.60. The first-order valence-electron chi connectivity index (χ1n) is 13.5. The molecule has 44 heavy (non-hydrogen) atoms. The summed E-state index contributed by atoms with van der Waals surface area (Å²) in [6, 6.07) is 34.0. The van der Waals surface area contributed by atoms with Gasteiger partial charge < -0.3 is 14.8 Å². The second kappa shape index (κ2) is 13.7. The second-order valence-electron chi connectivity index (χ2n) is 9.61. The van der Waals surface area contributed by atoms with Crippen LogP contribution in [0.4, 0.5) is 10.1 Å². The molecule has 2 N–H and O–H groups in total. The van der Waals surface area contributed by atoms with Crippen LogP contribution in [0.2, 0.25) is 0 Å². The van der Waals surface area contributed by atoms with Gasteiger partial charge in [-0.15, -0.1) is 0 Å². The number of hydrogen-bond acceptors (Lipinski definition) is 6. The van der Waals surface area contributed by atoms with Crippen molar-refractivity contribution in [3.8, 4) is 11.5 Å². The van der Waals surface area contributed by atoms with Gasteiger partial charge in [-0.1, -0.05) is 78.9 Å². The highest BCUT2D eigenvalue weighted by molar-refractivity contribution is 7.90. The number of rotatable bonds is 11. The first-order chi connectivity index (χ1) is 21.3. The van der Waals surface area contributed by atoms with Crippen LogP contribution < -0.4 is 19.5 Å². The molecule has 0 aromatic heterocycles. The molecule has 0 unspecified atom stereocenters. The van der Waals surface area contributed by atoms with Gasteiger partial charge in [0.2, 0.25) is 0 Å². The zero-order valence-corrected chi connectivity index (χ0v) is 24.1. The Morgan fingerprint density at radius 2 is 1.25 bits per heavy atom. The Morgan fingerprint density at radius 1 is 0.636 bits per heavy atom. The average Bonchev–Trinajstić information content (AvgIpc) is 3.04. The van der Waals surface area contributed by atoms with Gasteiger partial charge in [-0.2, -0.15) is 0 Å². The number of nitrogens with one attached hydrogen (secondary N) is 2. The lowest BCUT2D eigenvalue weighted by Gasteiger charge is -2.14. The van der Waals surface area contributed by atoms with Crippen LogP contribution in [0.5, 0.6) is 11.5 Å². The number of carbonyl (C=O) groups is 2. The Morgan fingerprint density at radius 3 is 1.95 bits per heavy atom. The molecular weight excluding hydrogens is 583 g/mol. The van der Waals surface area contributed by atoms with Gasteiger partial charge in [0, 0.05) is 11.1 Å². The van der Waals surface area contributed by atoms with Crippen LogP contribution in [0, 0.1) is 5.82 Å². The summed E-state index contributed by atoms with van der Waals surface area (Å²) in [7, 11) is -4.47. The van der Waals surface area contributed by atoms with E-state index in [1.165, 1.54) is 18.2 Å². The minimum Gasteiger partial charge on any atom is -0.489 e. The van der Waals surface area contributed by atoms with E-state index in [9.17, 15) is 22.4 Å². The molecule has 0 fully saturated rings. The lowest BCUT2D eigenvalue weighted by molar-refractivity contribution is 0.0979. The zero-order valence-electron chi connectivity index (χ0n) is 23.3. The molecule has 0 saturated heterocycles. The number of carbonyl (C=O) groups excluding carboxylic acids is 2. The van der Waals surface area contributed by atoms with E-state index in [2.05, 4.69) is 5.32 Å². The van der Waals surface area contributed by atoms with Crippen LogP contribution >= 0.6 is 0 Å². The number of sulfonamides is 1. The summed E-state index contributed by atoms with van der Waals surface area (Å²) in [5.41, 5.74) is 1.81. The maximum atomic E-state index is 14.4. The smallest absolute Gasteiger partial charge is 0.266 e. The number of halogens is 1. The van der Waals surface area contributed by atoms with Crippen molar-refractivity contribution in [1.29, 1.82) is 0 Å². The molecule has 2 amide bonds. The Balaban J connectivity index is 1.28. The number of amides is 2. The molecule has 0 aliphatic carbocycles. The molecular formula is C34H27FN2O6S. The molecule has 10 heteroatoms. The first kappa shape index (κ1) is 30.0. The van der Waals surface area contributed by atoms with E-state index in [1.54, 1.807) is 42.5 Å². The Labute approximate surface area is 254 Å². The van der Waals surface area contributed by atoms with Crippen molar-refractivity contribution in [3.05, 3.63) is 155 Å². The maximum Gasteiger partial charge on any atom is 0.266 e. The average molecular weight is 611 g/mol. The summed E-state index contributed by atoms with van der Waals surface area (Å²) < 4.78 is 54.2. The number of hydrogen-bond donors (Lipinski definition) is 2. The second-order valence-corrected chi connectivity index (χ2v) is 11.3. The van der Waals surface area contributed by atoms with Crippen molar-refractivity contribution in [2.24, 2.45) is 0 Å². The molecule has 0 bridgehead atoms. The van der Waals surface area contributed by atoms with E-state index in [0.717, 1.165) is 29.3 Å². The lowest BCUT2D eigenvalue weighted by Crippen LogP contribution is -2.31. The van der Waals surface area contributed by atoms with Crippen molar-refractivity contribution < 1.29 is 31.9 Å². The topological polar surface area (TPSA) is 111 Å². The Kier molecular flexibility index (Phi) is 9.31. The van der Waals surface area contributed by atoms with Crippen LogP contribution in [-0.4, -0.2) is 20.2 Å². The number of ether oxygens (including phenoxy) is 2. The summed E-state index contributed by atoms with van der Waals surface area (Å²) in [6.45, 7) is 0.359. The fourth-order valence-electron chi connectivity index (χ4n) is 4.19. The van der Waals surface area contributed by atoms with Crippen LogP contribution in [0.3, 0.4) is 0 Å². The van der Waals surface area contributed by atoms with Gasteiger partial charge >= 0.3 is 0 Å². The highest BCUT2D eigenvalue weighted by atomic mass is 32.2. The number of para-hydroxylation sites is 1. The van der Waals surface area contributed by atoms with E-state index in [4.69, 9.17) is 9.47 Å².